The minimum absolute atomic E-state index is 0.281. The standard InChI is InChI=1S/C14H20FN3O/c1-17-12-3-2-6-18(9-12)8-11-7-10(14(16)19)4-5-13(11)15/h4-5,7,12,17H,2-3,6,8-9H2,1H3,(H2,16,19). The Balaban J connectivity index is 2.09. The van der Waals surface area contributed by atoms with Crippen molar-refractivity contribution < 1.29 is 9.18 Å². The Morgan fingerprint density at radius 3 is 3.05 bits per heavy atom. The minimum atomic E-state index is -0.520. The first-order valence-corrected chi connectivity index (χ1v) is 6.58. The summed E-state index contributed by atoms with van der Waals surface area (Å²) in [5, 5.41) is 3.25. The molecule has 1 aromatic carbocycles. The first-order valence-electron chi connectivity index (χ1n) is 6.58. The molecule has 1 aromatic rings. The average molecular weight is 265 g/mol. The van der Waals surface area contributed by atoms with Crippen LogP contribution in [0.15, 0.2) is 18.2 Å². The number of hydrogen-bond acceptors (Lipinski definition) is 3. The maximum Gasteiger partial charge on any atom is 0.248 e. The van der Waals surface area contributed by atoms with Gasteiger partial charge in [-0.15, -0.1) is 0 Å². The number of rotatable bonds is 4. The monoisotopic (exact) mass is 265 g/mol. The number of nitrogens with two attached hydrogens (primary N) is 1. The van der Waals surface area contributed by atoms with E-state index in [1.54, 1.807) is 6.07 Å². The number of piperidine rings is 1. The SMILES string of the molecule is CNC1CCCN(Cc2cc(C(N)=O)ccc2F)C1. The number of primary amides is 1. The molecule has 0 aliphatic carbocycles. The Labute approximate surface area is 112 Å². The summed E-state index contributed by atoms with van der Waals surface area (Å²) in [4.78, 5) is 13.3. The largest absolute Gasteiger partial charge is 0.366 e. The quantitative estimate of drug-likeness (QED) is 0.857. The first kappa shape index (κ1) is 14.0. The summed E-state index contributed by atoms with van der Waals surface area (Å²) in [5.41, 5.74) is 6.12. The van der Waals surface area contributed by atoms with Crippen molar-refractivity contribution in [3.63, 3.8) is 0 Å². The van der Waals surface area contributed by atoms with Crippen LogP contribution >= 0.6 is 0 Å². The molecule has 104 valence electrons. The van der Waals surface area contributed by atoms with Crippen LogP contribution in [0.2, 0.25) is 0 Å². The van der Waals surface area contributed by atoms with Crippen LogP contribution in [0.4, 0.5) is 4.39 Å². The fraction of sp³-hybridized carbons (Fsp3) is 0.500. The molecule has 1 fully saturated rings. The van der Waals surface area contributed by atoms with Gasteiger partial charge in [-0.1, -0.05) is 0 Å². The van der Waals surface area contributed by atoms with Gasteiger partial charge in [0.25, 0.3) is 0 Å². The molecule has 1 saturated heterocycles. The number of nitrogens with one attached hydrogen (secondary N) is 1. The molecule has 0 spiro atoms. The topological polar surface area (TPSA) is 58.4 Å². The van der Waals surface area contributed by atoms with Crippen LogP contribution in [0.3, 0.4) is 0 Å². The lowest BCUT2D eigenvalue weighted by atomic mass is 10.0. The van der Waals surface area contributed by atoms with Gasteiger partial charge in [0.2, 0.25) is 5.91 Å². The van der Waals surface area contributed by atoms with Crippen LogP contribution < -0.4 is 11.1 Å². The molecule has 0 aromatic heterocycles. The van der Waals surface area contributed by atoms with E-state index < -0.39 is 5.91 Å². The molecule has 4 nitrogen and oxygen atoms in total. The predicted octanol–water partition coefficient (Wildman–Crippen LogP) is 1.11. The highest BCUT2D eigenvalue weighted by atomic mass is 19.1. The third-order valence-corrected chi connectivity index (χ3v) is 3.64. The van der Waals surface area contributed by atoms with Gasteiger partial charge < -0.3 is 11.1 Å². The van der Waals surface area contributed by atoms with Gasteiger partial charge in [0, 0.05) is 30.3 Å². The Morgan fingerprint density at radius 1 is 1.58 bits per heavy atom. The van der Waals surface area contributed by atoms with E-state index in [0.717, 1.165) is 25.9 Å². The maximum atomic E-state index is 13.8. The molecule has 5 heteroatoms. The number of amides is 1. The van der Waals surface area contributed by atoms with E-state index >= 15 is 0 Å². The summed E-state index contributed by atoms with van der Waals surface area (Å²) < 4.78 is 13.8. The highest BCUT2D eigenvalue weighted by molar-refractivity contribution is 5.92. The highest BCUT2D eigenvalue weighted by Gasteiger charge is 2.19. The van der Waals surface area contributed by atoms with Crippen molar-refractivity contribution in [3.8, 4) is 0 Å². The Morgan fingerprint density at radius 2 is 2.37 bits per heavy atom. The van der Waals surface area contributed by atoms with Crippen molar-refractivity contribution >= 4 is 5.91 Å². The molecule has 0 bridgehead atoms. The number of carbonyl (C=O) groups excluding carboxylic acids is 1. The van der Waals surface area contributed by atoms with Gasteiger partial charge in [-0.05, 0) is 44.6 Å². The lowest BCUT2D eigenvalue weighted by molar-refractivity contribution is 0.1000. The number of likely N-dealkylation sites (N-methyl/N-ethyl adjacent to an activating group) is 1. The summed E-state index contributed by atoms with van der Waals surface area (Å²) in [6.07, 6.45) is 2.25. The average Bonchev–Trinajstić information content (AvgIpc) is 2.41. The van der Waals surface area contributed by atoms with E-state index in [9.17, 15) is 9.18 Å². The van der Waals surface area contributed by atoms with Crippen molar-refractivity contribution in [1.82, 2.24) is 10.2 Å². The third-order valence-electron chi connectivity index (χ3n) is 3.64. The normalized spacial score (nSPS) is 20.4. The zero-order valence-corrected chi connectivity index (χ0v) is 11.2. The molecular formula is C14H20FN3O. The summed E-state index contributed by atoms with van der Waals surface area (Å²) >= 11 is 0. The molecule has 1 aliphatic heterocycles. The molecule has 1 unspecified atom stereocenters. The van der Waals surface area contributed by atoms with Crippen molar-refractivity contribution in [3.05, 3.63) is 35.1 Å². The Hall–Kier alpha value is -1.46. The molecule has 1 heterocycles. The van der Waals surface area contributed by atoms with E-state index in [2.05, 4.69) is 10.2 Å². The Kier molecular flexibility index (Phi) is 4.50. The van der Waals surface area contributed by atoms with Crippen LogP contribution in [0, 0.1) is 5.82 Å². The van der Waals surface area contributed by atoms with Crippen molar-refractivity contribution in [1.29, 1.82) is 0 Å². The van der Waals surface area contributed by atoms with E-state index in [-0.39, 0.29) is 5.82 Å². The summed E-state index contributed by atoms with van der Waals surface area (Å²) in [6, 6.07) is 4.75. The summed E-state index contributed by atoms with van der Waals surface area (Å²) in [7, 11) is 1.95. The number of likely N-dealkylation sites (tertiary alicyclic amines) is 1. The van der Waals surface area contributed by atoms with Gasteiger partial charge in [-0.2, -0.15) is 0 Å². The molecule has 0 saturated carbocycles. The summed E-state index contributed by atoms with van der Waals surface area (Å²) in [5.74, 6) is -0.801. The minimum Gasteiger partial charge on any atom is -0.366 e. The fourth-order valence-corrected chi connectivity index (χ4v) is 2.52. The van der Waals surface area contributed by atoms with Gasteiger partial charge in [-0.25, -0.2) is 4.39 Å². The van der Waals surface area contributed by atoms with Crippen LogP contribution in [0.1, 0.15) is 28.8 Å². The third kappa shape index (κ3) is 3.52. The summed E-state index contributed by atoms with van der Waals surface area (Å²) in [6.45, 7) is 2.38. The van der Waals surface area contributed by atoms with Crippen LogP contribution in [-0.2, 0) is 6.54 Å². The van der Waals surface area contributed by atoms with E-state index in [0.29, 0.717) is 23.7 Å². The second-order valence-electron chi connectivity index (χ2n) is 5.03. The Bertz CT molecular complexity index is 464. The van der Waals surface area contributed by atoms with Crippen LogP contribution in [0.5, 0.6) is 0 Å². The van der Waals surface area contributed by atoms with E-state index in [1.807, 2.05) is 7.05 Å². The number of carbonyl (C=O) groups is 1. The zero-order chi connectivity index (χ0) is 13.8. The van der Waals surface area contributed by atoms with Crippen LogP contribution in [0.25, 0.3) is 0 Å². The van der Waals surface area contributed by atoms with E-state index in [4.69, 9.17) is 5.73 Å². The maximum absolute atomic E-state index is 13.8. The molecule has 1 aliphatic rings. The van der Waals surface area contributed by atoms with Crippen molar-refractivity contribution in [2.24, 2.45) is 5.73 Å². The lowest BCUT2D eigenvalue weighted by Gasteiger charge is -2.32. The molecule has 2 rings (SSSR count). The zero-order valence-electron chi connectivity index (χ0n) is 11.2. The molecule has 0 radical (unpaired) electrons. The first-order chi connectivity index (χ1) is 9.10. The molecular weight excluding hydrogens is 245 g/mol. The fourth-order valence-electron chi connectivity index (χ4n) is 2.52. The molecule has 1 atom stereocenters. The van der Waals surface area contributed by atoms with Crippen molar-refractivity contribution in [2.75, 3.05) is 20.1 Å². The molecule has 3 N–H and O–H groups in total. The second kappa shape index (κ2) is 6.12. The van der Waals surface area contributed by atoms with Gasteiger partial charge in [0.1, 0.15) is 5.82 Å². The van der Waals surface area contributed by atoms with Crippen molar-refractivity contribution in [2.45, 2.75) is 25.4 Å². The van der Waals surface area contributed by atoms with Gasteiger partial charge >= 0.3 is 0 Å². The van der Waals surface area contributed by atoms with Crippen LogP contribution in [-0.4, -0.2) is 37.0 Å². The lowest BCUT2D eigenvalue weighted by Crippen LogP contribution is -2.44. The number of halogens is 1. The second-order valence-corrected chi connectivity index (χ2v) is 5.03. The predicted molar refractivity (Wildman–Crippen MR) is 72.3 cm³/mol. The van der Waals surface area contributed by atoms with Gasteiger partial charge in [0.15, 0.2) is 0 Å². The molecule has 19 heavy (non-hydrogen) atoms. The highest BCUT2D eigenvalue weighted by Crippen LogP contribution is 2.17. The van der Waals surface area contributed by atoms with Gasteiger partial charge in [-0.3, -0.25) is 9.69 Å². The smallest absolute Gasteiger partial charge is 0.248 e. The number of hydrogen-bond donors (Lipinski definition) is 2. The van der Waals surface area contributed by atoms with E-state index in [1.165, 1.54) is 12.1 Å². The molecule has 1 amide bonds. The van der Waals surface area contributed by atoms with Gasteiger partial charge in [0.05, 0.1) is 0 Å². The number of benzene rings is 1. The number of nitrogens with zero attached hydrogens (tertiary/aromatic N) is 1.